The summed E-state index contributed by atoms with van der Waals surface area (Å²) in [5.41, 5.74) is 3.56. The van der Waals surface area contributed by atoms with E-state index in [2.05, 4.69) is 0 Å². The Labute approximate surface area is 215 Å². The van der Waals surface area contributed by atoms with Gasteiger partial charge in [-0.1, -0.05) is 18.2 Å². The summed E-state index contributed by atoms with van der Waals surface area (Å²) in [6, 6.07) is 18.1. The van der Waals surface area contributed by atoms with Crippen LogP contribution in [-0.4, -0.2) is 25.1 Å². The zero-order chi connectivity index (χ0) is 25.9. The topological polar surface area (TPSA) is 55.8 Å². The van der Waals surface area contributed by atoms with Crippen LogP contribution < -0.4 is 9.64 Å². The Bertz CT molecular complexity index is 1280. The Morgan fingerprint density at radius 1 is 1.03 bits per heavy atom. The minimum atomic E-state index is -0.361. The molecule has 7 heteroatoms. The van der Waals surface area contributed by atoms with Crippen LogP contribution in [-0.2, 0) is 20.7 Å². The monoisotopic (exact) mass is 505 g/mol. The van der Waals surface area contributed by atoms with Gasteiger partial charge in [-0.3, -0.25) is 9.59 Å². The highest BCUT2D eigenvalue weighted by molar-refractivity contribution is 6.03. The summed E-state index contributed by atoms with van der Waals surface area (Å²) in [7, 11) is 0. The number of hydrogen-bond acceptors (Lipinski definition) is 4. The van der Waals surface area contributed by atoms with E-state index in [1.54, 1.807) is 36.1 Å². The first-order valence-electron chi connectivity index (χ1n) is 12.7. The lowest BCUT2D eigenvalue weighted by molar-refractivity contribution is -0.143. The number of halogens is 2. The lowest BCUT2D eigenvalue weighted by Crippen LogP contribution is -2.55. The second kappa shape index (κ2) is 10.7. The summed E-state index contributed by atoms with van der Waals surface area (Å²) in [4.78, 5) is 27.2. The molecule has 0 aliphatic carbocycles. The second-order valence-corrected chi connectivity index (χ2v) is 9.57. The maximum Gasteiger partial charge on any atom is 0.306 e. The fraction of sp³-hybridized carbons (Fsp3) is 0.333. The molecule has 1 amide bonds. The molecular weight excluding hydrogens is 476 g/mol. The van der Waals surface area contributed by atoms with Crippen molar-refractivity contribution in [1.29, 1.82) is 0 Å². The zero-order valence-electron chi connectivity index (χ0n) is 20.7. The Balaban J connectivity index is 1.39. The highest BCUT2D eigenvalue weighted by Gasteiger charge is 2.48. The number of nitrogens with zero attached hydrogens (tertiary/aromatic N) is 1. The highest BCUT2D eigenvalue weighted by atomic mass is 19.1. The standard InChI is InChI=1S/C30H29F2NO4/c1-2-36-28(34)17-21-18-37-27-15-8-20(16-26(21)27)29-25(5-3-4-19-6-9-22(31)10-7-19)30(35)33(29)24-13-11-23(32)12-14-24/h6-16,21,25,29H,2-5,17-18H2,1H3. The molecule has 5 nitrogen and oxygen atoms in total. The number of β-lactam (4-membered cyclic amide) rings is 1. The summed E-state index contributed by atoms with van der Waals surface area (Å²) >= 11 is 0. The molecule has 3 unspecified atom stereocenters. The normalized spacial score (nSPS) is 20.2. The molecule has 2 aliphatic rings. The van der Waals surface area contributed by atoms with Crippen LogP contribution in [0.4, 0.5) is 14.5 Å². The Morgan fingerprint density at radius 3 is 2.43 bits per heavy atom. The van der Waals surface area contributed by atoms with E-state index in [0.717, 1.165) is 35.3 Å². The van der Waals surface area contributed by atoms with E-state index in [9.17, 15) is 18.4 Å². The number of aryl methyl sites for hydroxylation is 1. The van der Waals surface area contributed by atoms with Crippen molar-refractivity contribution in [2.75, 3.05) is 18.1 Å². The van der Waals surface area contributed by atoms with E-state index in [1.165, 1.54) is 24.3 Å². The number of ether oxygens (including phenoxy) is 2. The lowest BCUT2D eigenvalue weighted by Gasteiger charge is -2.48. The van der Waals surface area contributed by atoms with Crippen molar-refractivity contribution in [3.05, 3.63) is 95.1 Å². The van der Waals surface area contributed by atoms with Crippen molar-refractivity contribution in [2.24, 2.45) is 5.92 Å². The molecular formula is C30H29F2NO4. The molecule has 0 radical (unpaired) electrons. The molecule has 0 saturated carbocycles. The number of hydrogen-bond donors (Lipinski definition) is 0. The molecule has 0 aromatic heterocycles. The van der Waals surface area contributed by atoms with Crippen LogP contribution in [0, 0.1) is 17.6 Å². The van der Waals surface area contributed by atoms with Crippen LogP contribution in [0.15, 0.2) is 66.7 Å². The summed E-state index contributed by atoms with van der Waals surface area (Å²) in [5.74, 6) is -0.508. The minimum Gasteiger partial charge on any atom is -0.493 e. The number of carbonyl (C=O) groups excluding carboxylic acids is 2. The fourth-order valence-electron chi connectivity index (χ4n) is 5.35. The summed E-state index contributed by atoms with van der Waals surface area (Å²) < 4.78 is 37.8. The van der Waals surface area contributed by atoms with Gasteiger partial charge in [-0.2, -0.15) is 0 Å². The maximum atomic E-state index is 13.6. The number of rotatable bonds is 9. The predicted molar refractivity (Wildman–Crippen MR) is 135 cm³/mol. The average Bonchev–Trinajstić information content (AvgIpc) is 3.28. The van der Waals surface area contributed by atoms with Gasteiger partial charge in [-0.05, 0) is 85.8 Å². The fourth-order valence-corrected chi connectivity index (χ4v) is 5.35. The first-order valence-corrected chi connectivity index (χ1v) is 12.7. The summed E-state index contributed by atoms with van der Waals surface area (Å²) in [6.07, 6.45) is 2.41. The van der Waals surface area contributed by atoms with Gasteiger partial charge in [0.2, 0.25) is 5.91 Å². The number of benzene rings is 3. The third-order valence-electron chi connectivity index (χ3n) is 7.19. The van der Waals surface area contributed by atoms with Crippen LogP contribution in [0.1, 0.15) is 54.8 Å². The molecule has 3 aromatic carbocycles. The first kappa shape index (κ1) is 24.9. The number of anilines is 1. The van der Waals surface area contributed by atoms with Crippen molar-refractivity contribution < 1.29 is 27.8 Å². The van der Waals surface area contributed by atoms with Gasteiger partial charge in [0.25, 0.3) is 0 Å². The van der Waals surface area contributed by atoms with Gasteiger partial charge >= 0.3 is 5.97 Å². The largest absolute Gasteiger partial charge is 0.493 e. The SMILES string of the molecule is CCOC(=O)CC1COc2ccc(C3C(CCCc4ccc(F)cc4)C(=O)N3c3ccc(F)cc3)cc21. The third kappa shape index (κ3) is 5.22. The molecule has 1 saturated heterocycles. The van der Waals surface area contributed by atoms with Gasteiger partial charge in [0.05, 0.1) is 31.6 Å². The molecule has 1 fully saturated rings. The third-order valence-corrected chi connectivity index (χ3v) is 7.19. The van der Waals surface area contributed by atoms with Gasteiger partial charge in [-0.15, -0.1) is 0 Å². The van der Waals surface area contributed by atoms with Gasteiger partial charge in [-0.25, -0.2) is 8.78 Å². The molecule has 2 heterocycles. The highest BCUT2D eigenvalue weighted by Crippen LogP contribution is 2.48. The number of esters is 1. The van der Waals surface area contributed by atoms with Crippen LogP contribution >= 0.6 is 0 Å². The smallest absolute Gasteiger partial charge is 0.306 e. The molecule has 0 bridgehead atoms. The van der Waals surface area contributed by atoms with Crippen molar-refractivity contribution >= 4 is 17.6 Å². The summed E-state index contributed by atoms with van der Waals surface area (Å²) in [5, 5.41) is 0. The lowest BCUT2D eigenvalue weighted by atomic mass is 9.77. The van der Waals surface area contributed by atoms with E-state index in [-0.39, 0.29) is 47.8 Å². The van der Waals surface area contributed by atoms with Crippen LogP contribution in [0.25, 0.3) is 0 Å². The van der Waals surface area contributed by atoms with Crippen molar-refractivity contribution in [3.8, 4) is 5.75 Å². The number of amides is 1. The quantitative estimate of drug-likeness (QED) is 0.260. The van der Waals surface area contributed by atoms with Gasteiger partial charge in [0.15, 0.2) is 0 Å². The molecule has 37 heavy (non-hydrogen) atoms. The van der Waals surface area contributed by atoms with Gasteiger partial charge in [0, 0.05) is 17.2 Å². The second-order valence-electron chi connectivity index (χ2n) is 9.57. The molecule has 0 spiro atoms. The molecule has 0 N–H and O–H groups in total. The van der Waals surface area contributed by atoms with Crippen molar-refractivity contribution in [3.63, 3.8) is 0 Å². The molecule has 2 aliphatic heterocycles. The number of carbonyl (C=O) groups is 2. The maximum absolute atomic E-state index is 13.6. The Hall–Kier alpha value is -3.74. The van der Waals surface area contributed by atoms with E-state index < -0.39 is 0 Å². The van der Waals surface area contributed by atoms with Crippen LogP contribution in [0.3, 0.4) is 0 Å². The van der Waals surface area contributed by atoms with Crippen molar-refractivity contribution in [1.82, 2.24) is 0 Å². The summed E-state index contributed by atoms with van der Waals surface area (Å²) in [6.45, 7) is 2.52. The molecule has 3 atom stereocenters. The minimum absolute atomic E-state index is 0.00413. The average molecular weight is 506 g/mol. The Kier molecular flexibility index (Phi) is 7.22. The van der Waals surface area contributed by atoms with Crippen molar-refractivity contribution in [2.45, 2.75) is 44.6 Å². The molecule has 5 rings (SSSR count). The van der Waals surface area contributed by atoms with E-state index >= 15 is 0 Å². The van der Waals surface area contributed by atoms with E-state index in [4.69, 9.17) is 9.47 Å². The van der Waals surface area contributed by atoms with Crippen LogP contribution in [0.5, 0.6) is 5.75 Å². The zero-order valence-corrected chi connectivity index (χ0v) is 20.7. The Morgan fingerprint density at radius 2 is 1.73 bits per heavy atom. The van der Waals surface area contributed by atoms with Crippen LogP contribution in [0.2, 0.25) is 0 Å². The molecule has 192 valence electrons. The number of fused-ring (bicyclic) bond motifs is 1. The van der Waals surface area contributed by atoms with E-state index in [1.807, 2.05) is 18.2 Å². The van der Waals surface area contributed by atoms with E-state index in [0.29, 0.717) is 25.3 Å². The molecule has 3 aromatic rings. The van der Waals surface area contributed by atoms with Gasteiger partial charge in [0.1, 0.15) is 17.4 Å². The predicted octanol–water partition coefficient (Wildman–Crippen LogP) is 6.12. The first-order chi connectivity index (χ1) is 17.9. The van der Waals surface area contributed by atoms with Gasteiger partial charge < -0.3 is 14.4 Å².